The molecule has 1 aliphatic rings. The Balaban J connectivity index is 1.61. The highest BCUT2D eigenvalue weighted by Gasteiger charge is 2.41. The Morgan fingerprint density at radius 2 is 1.82 bits per heavy atom. The fourth-order valence-electron chi connectivity index (χ4n) is 5.08. The summed E-state index contributed by atoms with van der Waals surface area (Å²) in [6.45, 7) is 8.18. The van der Waals surface area contributed by atoms with Gasteiger partial charge in [-0.2, -0.15) is 0 Å². The first kappa shape index (κ1) is 22.3. The van der Waals surface area contributed by atoms with Gasteiger partial charge >= 0.3 is 5.63 Å². The number of hydrogen-bond donors (Lipinski definition) is 3. The van der Waals surface area contributed by atoms with Gasteiger partial charge in [0.25, 0.3) is 11.8 Å². The molecule has 0 spiro atoms. The van der Waals surface area contributed by atoms with E-state index in [0.717, 1.165) is 21.2 Å². The lowest BCUT2D eigenvalue weighted by atomic mass is 9.81. The van der Waals surface area contributed by atoms with Gasteiger partial charge in [-0.15, -0.1) is 11.3 Å². The van der Waals surface area contributed by atoms with E-state index in [1.54, 1.807) is 12.1 Å². The van der Waals surface area contributed by atoms with Crippen LogP contribution in [-0.4, -0.2) is 17.4 Å². The number of carbonyl (C=O) groups is 2. The zero-order valence-electron chi connectivity index (χ0n) is 19.4. The monoisotopic (exact) mass is 475 g/mol. The van der Waals surface area contributed by atoms with Crippen molar-refractivity contribution in [2.45, 2.75) is 45.2 Å². The predicted molar refractivity (Wildman–Crippen MR) is 135 cm³/mol. The molecule has 1 aliphatic heterocycles. The number of amides is 2. The predicted octanol–water partition coefficient (Wildman–Crippen LogP) is 4.52. The molecular formula is C26H25N3O4S. The molecule has 0 radical (unpaired) electrons. The molecule has 0 unspecified atom stereocenters. The van der Waals surface area contributed by atoms with Gasteiger partial charge < -0.3 is 20.8 Å². The van der Waals surface area contributed by atoms with Crippen LogP contribution in [0.4, 0.5) is 5.00 Å². The average Bonchev–Trinajstić information content (AvgIpc) is 3.10. The summed E-state index contributed by atoms with van der Waals surface area (Å²) in [5, 5.41) is 9.20. The molecule has 0 aliphatic carbocycles. The number of fused-ring (bicyclic) bond motifs is 4. The van der Waals surface area contributed by atoms with Gasteiger partial charge in [-0.3, -0.25) is 9.59 Å². The molecule has 2 aromatic heterocycles. The smallest absolute Gasteiger partial charge is 0.349 e. The zero-order chi connectivity index (χ0) is 24.4. The average molecular weight is 476 g/mol. The van der Waals surface area contributed by atoms with Gasteiger partial charge in [-0.1, -0.05) is 30.3 Å². The molecule has 4 N–H and O–H groups in total. The van der Waals surface area contributed by atoms with E-state index in [1.165, 1.54) is 11.3 Å². The number of nitrogens with one attached hydrogen (secondary N) is 2. The third-order valence-corrected chi connectivity index (χ3v) is 7.68. The number of anilines is 1. The minimum absolute atomic E-state index is 0.136. The van der Waals surface area contributed by atoms with E-state index in [2.05, 4.69) is 24.5 Å². The van der Waals surface area contributed by atoms with Crippen LogP contribution >= 0.6 is 11.3 Å². The summed E-state index contributed by atoms with van der Waals surface area (Å²) in [7, 11) is 0. The molecule has 7 nitrogen and oxygen atoms in total. The molecule has 5 rings (SSSR count). The summed E-state index contributed by atoms with van der Waals surface area (Å²) in [4.78, 5) is 39.3. The van der Waals surface area contributed by atoms with Crippen molar-refractivity contribution >= 4 is 49.9 Å². The van der Waals surface area contributed by atoms with E-state index < -0.39 is 23.0 Å². The van der Waals surface area contributed by atoms with Crippen molar-refractivity contribution in [1.29, 1.82) is 0 Å². The molecular weight excluding hydrogens is 450 g/mol. The summed E-state index contributed by atoms with van der Waals surface area (Å²) < 4.78 is 5.46. The van der Waals surface area contributed by atoms with E-state index in [4.69, 9.17) is 10.2 Å². The first-order chi connectivity index (χ1) is 16.0. The molecule has 34 heavy (non-hydrogen) atoms. The number of benzene rings is 2. The topological polar surface area (TPSA) is 114 Å². The Labute approximate surface area is 199 Å². The van der Waals surface area contributed by atoms with Gasteiger partial charge in [0, 0.05) is 21.3 Å². The Kier molecular flexibility index (Phi) is 4.93. The maximum absolute atomic E-state index is 13.3. The first-order valence-electron chi connectivity index (χ1n) is 11.0. The van der Waals surface area contributed by atoms with Crippen LogP contribution in [0.2, 0.25) is 0 Å². The van der Waals surface area contributed by atoms with Crippen molar-refractivity contribution in [2.24, 2.45) is 5.73 Å². The second-order valence-corrected chi connectivity index (χ2v) is 10.9. The molecule has 2 aromatic carbocycles. The van der Waals surface area contributed by atoms with Crippen molar-refractivity contribution in [3.63, 3.8) is 0 Å². The van der Waals surface area contributed by atoms with Gasteiger partial charge in [0.2, 0.25) is 0 Å². The number of primary amides is 1. The number of carbonyl (C=O) groups excluding carboxylic acids is 2. The van der Waals surface area contributed by atoms with Crippen LogP contribution in [0.3, 0.4) is 0 Å². The lowest BCUT2D eigenvalue weighted by Gasteiger charge is -2.42. The quantitative estimate of drug-likeness (QED) is 0.298. The summed E-state index contributed by atoms with van der Waals surface area (Å²) in [5.41, 5.74) is 5.73. The Bertz CT molecular complexity index is 1560. The number of nitrogens with two attached hydrogens (primary N) is 1. The Hall–Kier alpha value is -3.49. The highest BCUT2D eigenvalue weighted by Crippen LogP contribution is 2.45. The van der Waals surface area contributed by atoms with Crippen LogP contribution in [0.1, 0.15) is 58.9 Å². The van der Waals surface area contributed by atoms with Gasteiger partial charge in [-0.05, 0) is 62.6 Å². The van der Waals surface area contributed by atoms with Crippen molar-refractivity contribution < 1.29 is 14.0 Å². The number of thiophene rings is 1. The number of hydrogen-bond acceptors (Lipinski definition) is 6. The van der Waals surface area contributed by atoms with Gasteiger partial charge in [-0.25, -0.2) is 4.79 Å². The first-order valence-corrected chi connectivity index (χ1v) is 11.8. The van der Waals surface area contributed by atoms with Crippen LogP contribution < -0.4 is 22.0 Å². The van der Waals surface area contributed by atoms with Crippen molar-refractivity contribution in [1.82, 2.24) is 5.32 Å². The largest absolute Gasteiger partial charge is 0.422 e. The third-order valence-electron chi connectivity index (χ3n) is 6.20. The molecule has 0 saturated carbocycles. The van der Waals surface area contributed by atoms with Crippen LogP contribution in [0.25, 0.3) is 21.7 Å². The lowest BCUT2D eigenvalue weighted by molar-refractivity contribution is 0.0999. The van der Waals surface area contributed by atoms with Gasteiger partial charge in [0.05, 0.1) is 5.56 Å². The molecule has 2 amide bonds. The highest BCUT2D eigenvalue weighted by molar-refractivity contribution is 7.17. The summed E-state index contributed by atoms with van der Waals surface area (Å²) in [5.74, 6) is -1.26. The van der Waals surface area contributed by atoms with E-state index in [0.29, 0.717) is 28.0 Å². The molecule has 0 fully saturated rings. The van der Waals surface area contributed by atoms with Gasteiger partial charge in [0.1, 0.15) is 16.1 Å². The highest BCUT2D eigenvalue weighted by atomic mass is 32.1. The fraction of sp³-hybridized carbons (Fsp3) is 0.269. The zero-order valence-corrected chi connectivity index (χ0v) is 20.2. The van der Waals surface area contributed by atoms with Crippen molar-refractivity contribution in [2.75, 3.05) is 5.32 Å². The second kappa shape index (κ2) is 7.51. The third kappa shape index (κ3) is 3.59. The standard InChI is InChI=1S/C26H25N3O4S/c1-25(2)12-17-19(21(27)30)23(34-20(17)26(3,4)29-25)28-22(31)16-11-15-14-8-6-5-7-13(14)9-10-18(15)33-24(16)32/h5-11,29H,12H2,1-4H3,(H2,27,30)(H,28,31). The molecule has 3 heterocycles. The molecule has 0 saturated heterocycles. The minimum Gasteiger partial charge on any atom is -0.422 e. The van der Waals surface area contributed by atoms with Crippen molar-refractivity contribution in [3.05, 3.63) is 74.5 Å². The SMILES string of the molecule is CC1(C)Cc2c(sc(NC(=O)c3cc4c(ccc5ccccc54)oc3=O)c2C(N)=O)C(C)(C)N1. The minimum atomic E-state index is -0.745. The normalized spacial score (nSPS) is 16.4. The van der Waals surface area contributed by atoms with Gasteiger partial charge in [0.15, 0.2) is 0 Å². The molecule has 4 aromatic rings. The van der Waals surface area contributed by atoms with Crippen LogP contribution in [0, 0.1) is 0 Å². The Morgan fingerprint density at radius 1 is 1.09 bits per heavy atom. The summed E-state index contributed by atoms with van der Waals surface area (Å²) in [6, 6.07) is 12.8. The Morgan fingerprint density at radius 3 is 2.56 bits per heavy atom. The maximum Gasteiger partial charge on any atom is 0.349 e. The summed E-state index contributed by atoms with van der Waals surface area (Å²) in [6.07, 6.45) is 0.584. The summed E-state index contributed by atoms with van der Waals surface area (Å²) >= 11 is 1.31. The van der Waals surface area contributed by atoms with Crippen LogP contribution in [0.5, 0.6) is 0 Å². The lowest BCUT2D eigenvalue weighted by Crippen LogP contribution is -2.55. The van der Waals surface area contributed by atoms with E-state index in [-0.39, 0.29) is 11.1 Å². The van der Waals surface area contributed by atoms with Crippen molar-refractivity contribution in [3.8, 4) is 0 Å². The van der Waals surface area contributed by atoms with Crippen LogP contribution in [-0.2, 0) is 12.0 Å². The molecule has 0 bridgehead atoms. The fourth-order valence-corrected chi connectivity index (χ4v) is 6.35. The number of rotatable bonds is 3. The van der Waals surface area contributed by atoms with Crippen LogP contribution in [0.15, 0.2) is 51.7 Å². The van der Waals surface area contributed by atoms with E-state index in [9.17, 15) is 14.4 Å². The molecule has 174 valence electrons. The second-order valence-electron chi connectivity index (χ2n) is 9.89. The molecule has 0 atom stereocenters. The van der Waals surface area contributed by atoms with E-state index >= 15 is 0 Å². The van der Waals surface area contributed by atoms with E-state index in [1.807, 2.05) is 44.2 Å². The molecule has 8 heteroatoms. The maximum atomic E-state index is 13.3.